The Morgan fingerprint density at radius 2 is 1.66 bits per heavy atom. The van der Waals surface area contributed by atoms with Crippen molar-refractivity contribution in [2.24, 2.45) is 4.99 Å². The van der Waals surface area contributed by atoms with Crippen LogP contribution in [0.3, 0.4) is 0 Å². The van der Waals surface area contributed by atoms with Gasteiger partial charge >= 0.3 is 5.97 Å². The van der Waals surface area contributed by atoms with Gasteiger partial charge in [0.1, 0.15) is 0 Å². The van der Waals surface area contributed by atoms with Gasteiger partial charge in [0.15, 0.2) is 28.7 Å². The zero-order valence-corrected chi connectivity index (χ0v) is 18.0. The van der Waals surface area contributed by atoms with E-state index in [-0.39, 0.29) is 34.3 Å². The van der Waals surface area contributed by atoms with Crippen LogP contribution in [0.25, 0.3) is 6.08 Å². The van der Waals surface area contributed by atoms with Crippen molar-refractivity contribution >= 4 is 23.6 Å². The van der Waals surface area contributed by atoms with Gasteiger partial charge < -0.3 is 23.7 Å². The number of carbonyl (C=O) groups excluding carboxylic acids is 1. The highest BCUT2D eigenvalue weighted by atomic mass is 16.6. The lowest BCUT2D eigenvalue weighted by Crippen LogP contribution is -2.06. The van der Waals surface area contributed by atoms with E-state index in [0.717, 1.165) is 0 Å². The highest BCUT2D eigenvalue weighted by Gasteiger charge is 2.27. The summed E-state index contributed by atoms with van der Waals surface area (Å²) in [5, 5.41) is 11.5. The van der Waals surface area contributed by atoms with Crippen LogP contribution in [0.2, 0.25) is 0 Å². The fourth-order valence-electron chi connectivity index (χ4n) is 3.02. The SMILES string of the molecule is CCOc1ccc(C2=N/C(=C/c3cc(OC)c(OC)cc3[N+](=O)[O-])C(=O)O2)cc1OCC. The Bertz CT molecular complexity index is 1110. The van der Waals surface area contributed by atoms with Crippen LogP contribution in [0.4, 0.5) is 5.69 Å². The van der Waals surface area contributed by atoms with Gasteiger partial charge in [0.25, 0.3) is 5.69 Å². The molecule has 0 bridgehead atoms. The normalized spacial score (nSPS) is 14.1. The zero-order valence-electron chi connectivity index (χ0n) is 18.0. The molecule has 1 aliphatic heterocycles. The van der Waals surface area contributed by atoms with Gasteiger partial charge in [0, 0.05) is 5.56 Å². The van der Waals surface area contributed by atoms with Gasteiger partial charge in [-0.05, 0) is 44.2 Å². The lowest BCUT2D eigenvalue weighted by molar-refractivity contribution is -0.385. The Kier molecular flexibility index (Phi) is 6.93. The van der Waals surface area contributed by atoms with Crippen molar-refractivity contribution in [3.8, 4) is 23.0 Å². The molecule has 10 nitrogen and oxygen atoms in total. The number of cyclic esters (lactones) is 1. The molecule has 0 N–H and O–H groups in total. The summed E-state index contributed by atoms with van der Waals surface area (Å²) in [6, 6.07) is 7.65. The van der Waals surface area contributed by atoms with Gasteiger partial charge in [0.2, 0.25) is 5.90 Å². The maximum absolute atomic E-state index is 12.4. The van der Waals surface area contributed by atoms with E-state index in [1.807, 2.05) is 13.8 Å². The van der Waals surface area contributed by atoms with E-state index in [0.29, 0.717) is 30.3 Å². The first kappa shape index (κ1) is 22.6. The minimum absolute atomic E-state index is 0.0494. The summed E-state index contributed by atoms with van der Waals surface area (Å²) in [6.07, 6.45) is 1.27. The molecule has 2 aromatic carbocycles. The van der Waals surface area contributed by atoms with Crippen LogP contribution in [0.1, 0.15) is 25.0 Å². The van der Waals surface area contributed by atoms with Crippen LogP contribution in [0, 0.1) is 10.1 Å². The second kappa shape index (κ2) is 9.82. The van der Waals surface area contributed by atoms with Crippen LogP contribution >= 0.6 is 0 Å². The quantitative estimate of drug-likeness (QED) is 0.249. The average molecular weight is 442 g/mol. The van der Waals surface area contributed by atoms with Crippen LogP contribution in [-0.4, -0.2) is 44.2 Å². The smallest absolute Gasteiger partial charge is 0.363 e. The summed E-state index contributed by atoms with van der Waals surface area (Å²) < 4.78 is 26.7. The number of nitro benzene ring substituents is 1. The molecule has 0 unspecified atom stereocenters. The van der Waals surface area contributed by atoms with Crippen molar-refractivity contribution in [1.82, 2.24) is 0 Å². The molecule has 0 spiro atoms. The second-order valence-corrected chi connectivity index (χ2v) is 6.39. The van der Waals surface area contributed by atoms with Gasteiger partial charge in [0.05, 0.1) is 44.0 Å². The maximum Gasteiger partial charge on any atom is 0.363 e. The first-order valence-electron chi connectivity index (χ1n) is 9.74. The van der Waals surface area contributed by atoms with E-state index in [4.69, 9.17) is 23.7 Å². The number of hydrogen-bond donors (Lipinski definition) is 0. The molecule has 0 saturated heterocycles. The number of hydrogen-bond acceptors (Lipinski definition) is 9. The van der Waals surface area contributed by atoms with Crippen LogP contribution < -0.4 is 18.9 Å². The number of nitrogens with zero attached hydrogens (tertiary/aromatic N) is 2. The highest BCUT2D eigenvalue weighted by molar-refractivity contribution is 6.13. The minimum atomic E-state index is -0.740. The Balaban J connectivity index is 2.03. The lowest BCUT2D eigenvalue weighted by atomic mass is 10.1. The highest BCUT2D eigenvalue weighted by Crippen LogP contribution is 2.36. The minimum Gasteiger partial charge on any atom is -0.493 e. The summed E-state index contributed by atoms with van der Waals surface area (Å²) in [5.41, 5.74) is 0.246. The molecular formula is C22H22N2O8. The third-order valence-electron chi connectivity index (χ3n) is 4.43. The lowest BCUT2D eigenvalue weighted by Gasteiger charge is -2.11. The van der Waals surface area contributed by atoms with Crippen LogP contribution in [0.5, 0.6) is 23.0 Å². The molecule has 0 aromatic heterocycles. The molecule has 10 heteroatoms. The molecule has 3 rings (SSSR count). The number of rotatable bonds is 9. The van der Waals surface area contributed by atoms with Gasteiger partial charge in [-0.1, -0.05) is 0 Å². The molecule has 0 saturated carbocycles. The van der Waals surface area contributed by atoms with Crippen LogP contribution in [0.15, 0.2) is 41.0 Å². The first-order chi connectivity index (χ1) is 15.4. The predicted molar refractivity (Wildman–Crippen MR) is 116 cm³/mol. The van der Waals surface area contributed by atoms with E-state index in [2.05, 4.69) is 4.99 Å². The number of carbonyl (C=O) groups is 1. The van der Waals surface area contributed by atoms with E-state index in [9.17, 15) is 14.9 Å². The van der Waals surface area contributed by atoms with Gasteiger partial charge in [-0.15, -0.1) is 0 Å². The molecule has 2 aromatic rings. The largest absolute Gasteiger partial charge is 0.493 e. The van der Waals surface area contributed by atoms with Crippen molar-refractivity contribution in [2.45, 2.75) is 13.8 Å². The van der Waals surface area contributed by atoms with Gasteiger partial charge in [-0.3, -0.25) is 10.1 Å². The summed E-state index contributed by atoms with van der Waals surface area (Å²) in [6.45, 7) is 4.58. The fourth-order valence-corrected chi connectivity index (χ4v) is 3.02. The van der Waals surface area contributed by atoms with Crippen molar-refractivity contribution in [2.75, 3.05) is 27.4 Å². The summed E-state index contributed by atoms with van der Waals surface area (Å²) in [7, 11) is 2.78. The summed E-state index contributed by atoms with van der Waals surface area (Å²) in [5.74, 6) is 0.813. The number of aliphatic imine (C=N–C) groups is 1. The molecule has 1 heterocycles. The standard InChI is InChI=1S/C22H22N2O8/c1-5-30-17-8-7-13(10-20(17)31-6-2)21-23-15(22(25)32-21)9-14-11-18(28-3)19(29-4)12-16(14)24(26)27/h7-12H,5-6H2,1-4H3/b15-9+. The van der Waals surface area contributed by atoms with Crippen molar-refractivity contribution in [3.05, 3.63) is 57.3 Å². The Morgan fingerprint density at radius 3 is 2.28 bits per heavy atom. The van der Waals surface area contributed by atoms with E-state index in [1.54, 1.807) is 18.2 Å². The van der Waals surface area contributed by atoms with Crippen molar-refractivity contribution in [3.63, 3.8) is 0 Å². The van der Waals surface area contributed by atoms with Gasteiger partial charge in [-0.25, -0.2) is 9.79 Å². The molecule has 32 heavy (non-hydrogen) atoms. The molecule has 0 aliphatic carbocycles. The number of methoxy groups -OCH3 is 2. The van der Waals surface area contributed by atoms with Crippen molar-refractivity contribution < 1.29 is 33.4 Å². The molecule has 168 valence electrons. The molecule has 1 aliphatic rings. The number of ether oxygens (including phenoxy) is 5. The summed E-state index contributed by atoms with van der Waals surface area (Å²) >= 11 is 0. The zero-order chi connectivity index (χ0) is 23.3. The molecule has 0 fully saturated rings. The Labute approximate surface area is 184 Å². The third kappa shape index (κ3) is 4.64. The number of nitro groups is 1. The maximum atomic E-state index is 12.4. The summed E-state index contributed by atoms with van der Waals surface area (Å²) in [4.78, 5) is 27.6. The number of esters is 1. The third-order valence-corrected chi connectivity index (χ3v) is 4.43. The molecule has 0 radical (unpaired) electrons. The Hall–Kier alpha value is -4.08. The molecular weight excluding hydrogens is 420 g/mol. The number of benzene rings is 2. The van der Waals surface area contributed by atoms with Crippen molar-refractivity contribution in [1.29, 1.82) is 0 Å². The Morgan fingerprint density at radius 1 is 1.00 bits per heavy atom. The molecule has 0 atom stereocenters. The average Bonchev–Trinajstić information content (AvgIpc) is 3.14. The second-order valence-electron chi connectivity index (χ2n) is 6.39. The monoisotopic (exact) mass is 442 g/mol. The van der Waals surface area contributed by atoms with E-state index < -0.39 is 10.9 Å². The van der Waals surface area contributed by atoms with E-state index in [1.165, 1.54) is 32.4 Å². The first-order valence-corrected chi connectivity index (χ1v) is 9.74. The topological polar surface area (TPSA) is 119 Å². The fraction of sp³-hybridized carbons (Fsp3) is 0.273. The van der Waals surface area contributed by atoms with Gasteiger partial charge in [-0.2, -0.15) is 0 Å². The van der Waals surface area contributed by atoms with E-state index >= 15 is 0 Å². The predicted octanol–water partition coefficient (Wildman–Crippen LogP) is 3.75. The molecule has 0 amide bonds. The van der Waals surface area contributed by atoms with Crippen LogP contribution in [-0.2, 0) is 9.53 Å².